The smallest absolute Gasteiger partial charge is 0.230 e. The predicted octanol–water partition coefficient (Wildman–Crippen LogP) is 3.43. The number of benzene rings is 2. The van der Waals surface area contributed by atoms with Crippen LogP contribution in [0.1, 0.15) is 11.1 Å². The molecule has 0 heterocycles. The number of rotatable bonds is 9. The number of carbonyl (C=O) groups is 1. The lowest BCUT2D eigenvalue weighted by molar-refractivity contribution is -0.118. The third kappa shape index (κ3) is 6.16. The van der Waals surface area contributed by atoms with E-state index in [1.165, 1.54) is 11.1 Å². The first kappa shape index (κ1) is 18.2. The van der Waals surface area contributed by atoms with Crippen molar-refractivity contribution in [3.05, 3.63) is 59.7 Å². The van der Waals surface area contributed by atoms with Gasteiger partial charge in [-0.05, 0) is 24.6 Å². The maximum atomic E-state index is 11.8. The first-order valence-corrected chi connectivity index (χ1v) is 9.00. The summed E-state index contributed by atoms with van der Waals surface area (Å²) in [6.45, 7) is 2.96. The van der Waals surface area contributed by atoms with Crippen molar-refractivity contribution in [1.82, 2.24) is 5.32 Å². The second kappa shape index (κ2) is 9.88. The standard InChI is InChI=1S/C19H23NO3S/c1-15-6-5-7-16(12-15)13-24-14-19(21)20-10-11-23-18-9-4-3-8-17(18)22-2/h3-9,12H,10-11,13-14H2,1-2H3,(H,20,21). The maximum absolute atomic E-state index is 11.8. The van der Waals surface area contributed by atoms with Crippen LogP contribution >= 0.6 is 11.8 Å². The van der Waals surface area contributed by atoms with Crippen molar-refractivity contribution in [1.29, 1.82) is 0 Å². The van der Waals surface area contributed by atoms with Crippen molar-refractivity contribution in [2.45, 2.75) is 12.7 Å². The highest BCUT2D eigenvalue weighted by Gasteiger charge is 2.04. The lowest BCUT2D eigenvalue weighted by atomic mass is 10.2. The fourth-order valence-electron chi connectivity index (χ4n) is 2.20. The molecule has 0 atom stereocenters. The normalized spacial score (nSPS) is 10.2. The molecule has 2 rings (SSSR count). The van der Waals surface area contributed by atoms with Crippen LogP contribution in [-0.4, -0.2) is 31.9 Å². The molecular weight excluding hydrogens is 322 g/mol. The molecule has 0 fully saturated rings. The van der Waals surface area contributed by atoms with Crippen LogP contribution in [-0.2, 0) is 10.5 Å². The minimum absolute atomic E-state index is 0.0243. The van der Waals surface area contributed by atoms with E-state index in [4.69, 9.17) is 9.47 Å². The molecule has 128 valence electrons. The number of hydrogen-bond donors (Lipinski definition) is 1. The van der Waals surface area contributed by atoms with Crippen molar-refractivity contribution in [3.8, 4) is 11.5 Å². The number of methoxy groups -OCH3 is 1. The van der Waals surface area contributed by atoms with Gasteiger partial charge in [0.05, 0.1) is 19.4 Å². The van der Waals surface area contributed by atoms with Gasteiger partial charge in [0.1, 0.15) is 6.61 Å². The van der Waals surface area contributed by atoms with E-state index in [1.54, 1.807) is 18.9 Å². The molecule has 0 spiro atoms. The predicted molar refractivity (Wildman–Crippen MR) is 98.8 cm³/mol. The Balaban J connectivity index is 1.61. The Morgan fingerprint density at radius 1 is 1.12 bits per heavy atom. The number of nitrogens with one attached hydrogen (secondary N) is 1. The summed E-state index contributed by atoms with van der Waals surface area (Å²) in [4.78, 5) is 11.8. The van der Waals surface area contributed by atoms with Crippen LogP contribution in [0.2, 0.25) is 0 Å². The summed E-state index contributed by atoms with van der Waals surface area (Å²) < 4.78 is 10.8. The van der Waals surface area contributed by atoms with Gasteiger partial charge in [-0.2, -0.15) is 0 Å². The molecule has 0 bridgehead atoms. The molecule has 4 nitrogen and oxygen atoms in total. The van der Waals surface area contributed by atoms with Gasteiger partial charge in [0.25, 0.3) is 0 Å². The first-order chi connectivity index (χ1) is 11.7. The van der Waals surface area contributed by atoms with Crippen LogP contribution < -0.4 is 14.8 Å². The van der Waals surface area contributed by atoms with Crippen LogP contribution in [0, 0.1) is 6.92 Å². The summed E-state index contributed by atoms with van der Waals surface area (Å²) in [5.41, 5.74) is 2.48. The summed E-state index contributed by atoms with van der Waals surface area (Å²) >= 11 is 1.61. The van der Waals surface area contributed by atoms with Crippen molar-refractivity contribution < 1.29 is 14.3 Å². The van der Waals surface area contributed by atoms with Crippen LogP contribution in [0.15, 0.2) is 48.5 Å². The SMILES string of the molecule is COc1ccccc1OCCNC(=O)CSCc1cccc(C)c1. The number of hydrogen-bond acceptors (Lipinski definition) is 4. The van der Waals surface area contributed by atoms with Gasteiger partial charge in [-0.25, -0.2) is 0 Å². The van der Waals surface area contributed by atoms with E-state index < -0.39 is 0 Å². The Hall–Kier alpha value is -2.14. The summed E-state index contributed by atoms with van der Waals surface area (Å²) in [6, 6.07) is 15.8. The van der Waals surface area contributed by atoms with Crippen LogP contribution in [0.3, 0.4) is 0 Å². The van der Waals surface area contributed by atoms with Crippen molar-refractivity contribution in [3.63, 3.8) is 0 Å². The fourth-order valence-corrected chi connectivity index (χ4v) is 3.01. The quantitative estimate of drug-likeness (QED) is 0.707. The number of ether oxygens (including phenoxy) is 2. The van der Waals surface area contributed by atoms with E-state index in [-0.39, 0.29) is 5.91 Å². The number of aryl methyl sites for hydroxylation is 1. The number of thioether (sulfide) groups is 1. The monoisotopic (exact) mass is 345 g/mol. The molecule has 0 aliphatic rings. The molecule has 5 heteroatoms. The molecule has 2 aromatic rings. The molecule has 1 amide bonds. The Kier molecular flexibility index (Phi) is 7.49. The van der Waals surface area contributed by atoms with Crippen molar-refractivity contribution in [2.24, 2.45) is 0 Å². The van der Waals surface area contributed by atoms with Gasteiger partial charge in [0.2, 0.25) is 5.91 Å². The Labute approximate surface area is 147 Å². The van der Waals surface area contributed by atoms with E-state index in [1.807, 2.05) is 30.3 Å². The molecule has 2 aromatic carbocycles. The van der Waals surface area contributed by atoms with E-state index in [0.717, 1.165) is 5.75 Å². The highest BCUT2D eigenvalue weighted by Crippen LogP contribution is 2.25. The molecule has 1 N–H and O–H groups in total. The van der Waals surface area contributed by atoms with E-state index in [0.29, 0.717) is 30.4 Å². The van der Waals surface area contributed by atoms with Gasteiger partial charge >= 0.3 is 0 Å². The highest BCUT2D eigenvalue weighted by atomic mass is 32.2. The Bertz CT molecular complexity index is 661. The van der Waals surface area contributed by atoms with Crippen LogP contribution in [0.5, 0.6) is 11.5 Å². The number of amides is 1. The van der Waals surface area contributed by atoms with E-state index in [2.05, 4.69) is 30.4 Å². The average molecular weight is 345 g/mol. The molecule has 0 unspecified atom stereocenters. The zero-order valence-corrected chi connectivity index (χ0v) is 14.9. The zero-order valence-electron chi connectivity index (χ0n) is 14.1. The second-order valence-electron chi connectivity index (χ2n) is 5.33. The number of para-hydroxylation sites is 2. The van der Waals surface area contributed by atoms with Crippen molar-refractivity contribution >= 4 is 17.7 Å². The third-order valence-corrected chi connectivity index (χ3v) is 4.34. The lowest BCUT2D eigenvalue weighted by Gasteiger charge is -2.10. The molecule has 0 aliphatic heterocycles. The van der Waals surface area contributed by atoms with Crippen LogP contribution in [0.25, 0.3) is 0 Å². The minimum atomic E-state index is 0.0243. The Morgan fingerprint density at radius 2 is 1.92 bits per heavy atom. The molecule has 0 aliphatic carbocycles. The fraction of sp³-hybridized carbons (Fsp3) is 0.316. The van der Waals surface area contributed by atoms with Gasteiger partial charge in [0.15, 0.2) is 11.5 Å². The van der Waals surface area contributed by atoms with Gasteiger partial charge in [-0.15, -0.1) is 11.8 Å². The summed E-state index contributed by atoms with van der Waals surface area (Å²) in [5.74, 6) is 2.69. The summed E-state index contributed by atoms with van der Waals surface area (Å²) in [6.07, 6.45) is 0. The van der Waals surface area contributed by atoms with Gasteiger partial charge in [-0.3, -0.25) is 4.79 Å². The largest absolute Gasteiger partial charge is 0.493 e. The molecular formula is C19H23NO3S. The molecule has 0 saturated heterocycles. The van der Waals surface area contributed by atoms with E-state index >= 15 is 0 Å². The third-order valence-electron chi connectivity index (χ3n) is 3.34. The molecule has 0 aromatic heterocycles. The molecule has 0 radical (unpaired) electrons. The van der Waals surface area contributed by atoms with Gasteiger partial charge in [-0.1, -0.05) is 42.0 Å². The highest BCUT2D eigenvalue weighted by molar-refractivity contribution is 7.99. The Morgan fingerprint density at radius 3 is 2.67 bits per heavy atom. The first-order valence-electron chi connectivity index (χ1n) is 7.85. The van der Waals surface area contributed by atoms with Crippen molar-refractivity contribution in [2.75, 3.05) is 26.0 Å². The second-order valence-corrected chi connectivity index (χ2v) is 6.32. The zero-order chi connectivity index (χ0) is 17.2. The summed E-state index contributed by atoms with van der Waals surface area (Å²) in [7, 11) is 1.61. The topological polar surface area (TPSA) is 47.6 Å². The van der Waals surface area contributed by atoms with Gasteiger partial charge < -0.3 is 14.8 Å². The van der Waals surface area contributed by atoms with Crippen LogP contribution in [0.4, 0.5) is 0 Å². The lowest BCUT2D eigenvalue weighted by Crippen LogP contribution is -2.29. The van der Waals surface area contributed by atoms with E-state index in [9.17, 15) is 4.79 Å². The minimum Gasteiger partial charge on any atom is -0.493 e. The van der Waals surface area contributed by atoms with Gasteiger partial charge in [0, 0.05) is 5.75 Å². The average Bonchev–Trinajstić information content (AvgIpc) is 2.59. The maximum Gasteiger partial charge on any atom is 0.230 e. The molecule has 24 heavy (non-hydrogen) atoms. The summed E-state index contributed by atoms with van der Waals surface area (Å²) in [5, 5.41) is 2.86. The number of carbonyl (C=O) groups excluding carboxylic acids is 1. The molecule has 0 saturated carbocycles.